The Morgan fingerprint density at radius 3 is 2.50 bits per heavy atom. The van der Waals surface area contributed by atoms with Crippen LogP contribution in [0.5, 0.6) is 0 Å². The summed E-state index contributed by atoms with van der Waals surface area (Å²) in [5, 5.41) is 0. The van der Waals surface area contributed by atoms with E-state index in [4.69, 9.17) is 4.74 Å². The molecule has 0 bridgehead atoms. The van der Waals surface area contributed by atoms with Crippen LogP contribution in [0.4, 0.5) is 0 Å². The van der Waals surface area contributed by atoms with Crippen LogP contribution in [0.25, 0.3) is 0 Å². The summed E-state index contributed by atoms with van der Waals surface area (Å²) in [4.78, 5) is 0. The number of quaternary nitrogens is 1. The molecule has 0 saturated carbocycles. The Labute approximate surface area is 97.7 Å². The molecule has 2 rings (SSSR count). The molecule has 0 radical (unpaired) electrons. The number of fused-ring (bicyclic) bond motifs is 1. The highest BCUT2D eigenvalue weighted by molar-refractivity contribution is 5.27. The Morgan fingerprint density at radius 1 is 1.31 bits per heavy atom. The van der Waals surface area contributed by atoms with E-state index >= 15 is 0 Å². The second kappa shape index (κ2) is 4.81. The minimum absolute atomic E-state index is 0.660. The number of benzene rings is 1. The average Bonchev–Trinajstić information content (AvgIpc) is 2.61. The lowest BCUT2D eigenvalue weighted by molar-refractivity contribution is -0.929. The molecule has 0 aliphatic carbocycles. The maximum Gasteiger partial charge on any atom is 0.105 e. The Morgan fingerprint density at radius 2 is 1.94 bits per heavy atom. The minimum atomic E-state index is 0.660. The predicted molar refractivity (Wildman–Crippen MR) is 65.9 cm³/mol. The van der Waals surface area contributed by atoms with E-state index < -0.39 is 0 Å². The molecular weight excluding hydrogens is 198 g/mol. The third kappa shape index (κ3) is 2.52. The number of likely N-dealkylation sites (N-methyl/N-ethyl adjacent to an activating group) is 1. The van der Waals surface area contributed by atoms with E-state index in [1.807, 2.05) is 0 Å². The molecule has 2 nitrogen and oxygen atoms in total. The van der Waals surface area contributed by atoms with Crippen LogP contribution >= 0.6 is 0 Å². The third-order valence-electron chi connectivity index (χ3n) is 3.23. The second-order valence-corrected chi connectivity index (χ2v) is 4.79. The number of hydrogen-bond acceptors (Lipinski definition) is 1. The van der Waals surface area contributed by atoms with E-state index in [0.29, 0.717) is 6.61 Å². The molecule has 1 heterocycles. The van der Waals surface area contributed by atoms with E-state index in [1.165, 1.54) is 11.1 Å². The van der Waals surface area contributed by atoms with Gasteiger partial charge in [0.1, 0.15) is 19.6 Å². The van der Waals surface area contributed by atoms with Gasteiger partial charge in [-0.05, 0) is 0 Å². The maximum absolute atomic E-state index is 5.48. The summed E-state index contributed by atoms with van der Waals surface area (Å²) < 4.78 is 6.54. The van der Waals surface area contributed by atoms with Crippen LogP contribution < -0.4 is 0 Å². The smallest absolute Gasteiger partial charge is 0.105 e. The van der Waals surface area contributed by atoms with Crippen LogP contribution in [0.15, 0.2) is 36.9 Å². The first kappa shape index (κ1) is 11.4. The van der Waals surface area contributed by atoms with Gasteiger partial charge in [-0.3, -0.25) is 0 Å². The summed E-state index contributed by atoms with van der Waals surface area (Å²) in [6.07, 6.45) is 1.80. The lowest BCUT2D eigenvalue weighted by Gasteiger charge is -2.28. The van der Waals surface area contributed by atoms with Crippen molar-refractivity contribution < 1.29 is 9.22 Å². The van der Waals surface area contributed by atoms with Crippen molar-refractivity contribution in [2.24, 2.45) is 0 Å². The summed E-state index contributed by atoms with van der Waals surface area (Å²) >= 11 is 0. The molecule has 16 heavy (non-hydrogen) atoms. The number of rotatable bonds is 5. The van der Waals surface area contributed by atoms with Crippen molar-refractivity contribution >= 4 is 0 Å². The van der Waals surface area contributed by atoms with Crippen LogP contribution in [0.2, 0.25) is 0 Å². The summed E-state index contributed by atoms with van der Waals surface area (Å²) in [5.74, 6) is 0. The predicted octanol–water partition coefficient (Wildman–Crippen LogP) is 2.35. The number of ether oxygens (including phenoxy) is 1. The van der Waals surface area contributed by atoms with Crippen LogP contribution in [0.1, 0.15) is 11.1 Å². The maximum atomic E-state index is 5.48. The quantitative estimate of drug-likeness (QED) is 0.419. The van der Waals surface area contributed by atoms with Gasteiger partial charge in [0.05, 0.1) is 20.3 Å². The number of nitrogens with zero attached hydrogens (tertiary/aromatic N) is 1. The molecule has 0 atom stereocenters. The summed E-state index contributed by atoms with van der Waals surface area (Å²) in [6.45, 7) is 8.46. The highest BCUT2D eigenvalue weighted by Gasteiger charge is 2.30. The van der Waals surface area contributed by atoms with Crippen LogP contribution in [-0.4, -0.2) is 31.3 Å². The molecule has 0 unspecified atom stereocenters. The highest BCUT2D eigenvalue weighted by atomic mass is 16.5. The standard InChI is InChI=1S/C14H20NO/c1-3-9-16-10-8-15(2)11-13-6-4-5-7-14(13)12-15/h3-7H,1,8-12H2,2H3/q+1. The third-order valence-corrected chi connectivity index (χ3v) is 3.23. The van der Waals surface area contributed by atoms with Crippen LogP contribution in [0.3, 0.4) is 0 Å². The van der Waals surface area contributed by atoms with Gasteiger partial charge in [-0.2, -0.15) is 0 Å². The fourth-order valence-electron chi connectivity index (χ4n) is 2.35. The zero-order valence-electron chi connectivity index (χ0n) is 9.98. The molecule has 1 aliphatic rings. The normalized spacial score (nSPS) is 17.1. The van der Waals surface area contributed by atoms with E-state index in [1.54, 1.807) is 6.08 Å². The Balaban J connectivity index is 1.90. The van der Waals surface area contributed by atoms with Crippen molar-refractivity contribution in [2.75, 3.05) is 26.8 Å². The zero-order valence-corrected chi connectivity index (χ0v) is 9.98. The van der Waals surface area contributed by atoms with Crippen LogP contribution in [0, 0.1) is 0 Å². The van der Waals surface area contributed by atoms with Gasteiger partial charge in [-0.1, -0.05) is 30.3 Å². The summed E-state index contributed by atoms with van der Waals surface area (Å²) in [7, 11) is 2.30. The lowest BCUT2D eigenvalue weighted by atomic mass is 10.1. The van der Waals surface area contributed by atoms with Gasteiger partial charge in [0, 0.05) is 11.1 Å². The number of hydrogen-bond donors (Lipinski definition) is 0. The molecule has 0 fully saturated rings. The summed E-state index contributed by atoms with van der Waals surface area (Å²) in [6, 6.07) is 8.73. The molecule has 0 aromatic heterocycles. The SMILES string of the molecule is C=CCOCC[N+]1(C)Cc2ccccc2C1. The first-order valence-corrected chi connectivity index (χ1v) is 5.82. The van der Waals surface area contributed by atoms with Crippen molar-refractivity contribution in [3.63, 3.8) is 0 Å². The van der Waals surface area contributed by atoms with Crippen molar-refractivity contribution in [1.82, 2.24) is 0 Å². The van der Waals surface area contributed by atoms with E-state index in [-0.39, 0.29) is 0 Å². The molecule has 2 heteroatoms. The molecule has 0 spiro atoms. The first-order valence-electron chi connectivity index (χ1n) is 5.82. The van der Waals surface area contributed by atoms with Gasteiger partial charge in [0.15, 0.2) is 0 Å². The topological polar surface area (TPSA) is 9.23 Å². The van der Waals surface area contributed by atoms with E-state index in [2.05, 4.69) is 37.9 Å². The molecule has 1 aliphatic heterocycles. The van der Waals surface area contributed by atoms with E-state index in [9.17, 15) is 0 Å². The van der Waals surface area contributed by atoms with Crippen molar-refractivity contribution in [3.05, 3.63) is 48.0 Å². The van der Waals surface area contributed by atoms with Crippen LogP contribution in [-0.2, 0) is 17.8 Å². The Hall–Kier alpha value is -1.12. The minimum Gasteiger partial charge on any atom is -0.372 e. The van der Waals surface area contributed by atoms with E-state index in [0.717, 1.165) is 30.7 Å². The second-order valence-electron chi connectivity index (χ2n) is 4.79. The Bertz CT molecular complexity index is 348. The fraction of sp³-hybridized carbons (Fsp3) is 0.429. The zero-order chi connectivity index (χ0) is 11.4. The average molecular weight is 218 g/mol. The van der Waals surface area contributed by atoms with Gasteiger partial charge in [-0.15, -0.1) is 6.58 Å². The Kier molecular flexibility index (Phi) is 3.42. The molecular formula is C14H20NO+. The first-order chi connectivity index (χ1) is 7.73. The largest absolute Gasteiger partial charge is 0.372 e. The molecule has 86 valence electrons. The highest BCUT2D eigenvalue weighted by Crippen LogP contribution is 2.27. The van der Waals surface area contributed by atoms with Gasteiger partial charge in [0.2, 0.25) is 0 Å². The van der Waals surface area contributed by atoms with Gasteiger partial charge >= 0.3 is 0 Å². The molecule has 0 N–H and O–H groups in total. The van der Waals surface area contributed by atoms with Gasteiger partial charge in [0.25, 0.3) is 0 Å². The van der Waals surface area contributed by atoms with Crippen molar-refractivity contribution in [2.45, 2.75) is 13.1 Å². The fourth-order valence-corrected chi connectivity index (χ4v) is 2.35. The molecule has 1 aromatic carbocycles. The monoisotopic (exact) mass is 218 g/mol. The van der Waals surface area contributed by atoms with Crippen molar-refractivity contribution in [1.29, 1.82) is 0 Å². The summed E-state index contributed by atoms with van der Waals surface area (Å²) in [5.41, 5.74) is 2.99. The van der Waals surface area contributed by atoms with Crippen molar-refractivity contribution in [3.8, 4) is 0 Å². The molecule has 0 saturated heterocycles. The lowest BCUT2D eigenvalue weighted by Crippen LogP contribution is -2.41. The molecule has 0 amide bonds. The van der Waals surface area contributed by atoms with Gasteiger partial charge < -0.3 is 9.22 Å². The van der Waals surface area contributed by atoms with Gasteiger partial charge in [-0.25, -0.2) is 0 Å². The molecule has 1 aromatic rings.